The van der Waals surface area contributed by atoms with Crippen LogP contribution in [0.5, 0.6) is 0 Å². The highest BCUT2D eigenvalue weighted by Crippen LogP contribution is 2.30. The number of hydrogen-bond donors (Lipinski definition) is 2. The van der Waals surface area contributed by atoms with Crippen molar-refractivity contribution in [2.45, 2.75) is 18.9 Å². The minimum Gasteiger partial charge on any atom is -0.466 e. The van der Waals surface area contributed by atoms with Crippen molar-refractivity contribution in [3.63, 3.8) is 0 Å². The van der Waals surface area contributed by atoms with Crippen LogP contribution in [0, 0.1) is 5.92 Å². The molecule has 84 valence electrons. The molecule has 1 aromatic heterocycles. The van der Waals surface area contributed by atoms with Gasteiger partial charge < -0.3 is 9.15 Å². The Hall–Kier alpha value is -0.360. The van der Waals surface area contributed by atoms with E-state index >= 15 is 0 Å². The van der Waals surface area contributed by atoms with Crippen LogP contribution in [0.25, 0.3) is 0 Å². The molecule has 0 radical (unpaired) electrons. The van der Waals surface area contributed by atoms with Crippen LogP contribution in [0.1, 0.15) is 24.6 Å². The Morgan fingerprint density at radius 1 is 1.67 bits per heavy atom. The van der Waals surface area contributed by atoms with Crippen LogP contribution in [0.3, 0.4) is 0 Å². The molecule has 0 bridgehead atoms. The fourth-order valence-corrected chi connectivity index (χ4v) is 2.39. The van der Waals surface area contributed by atoms with Crippen molar-refractivity contribution in [1.82, 2.24) is 5.43 Å². The van der Waals surface area contributed by atoms with Gasteiger partial charge in [0.25, 0.3) is 0 Å². The fraction of sp³-hybridized carbons (Fsp3) is 0.600. The molecule has 0 saturated carbocycles. The monoisotopic (exact) mass is 274 g/mol. The first-order valence-corrected chi connectivity index (χ1v) is 5.87. The van der Waals surface area contributed by atoms with Gasteiger partial charge in [0.2, 0.25) is 0 Å². The van der Waals surface area contributed by atoms with Gasteiger partial charge >= 0.3 is 0 Å². The molecule has 2 heterocycles. The van der Waals surface area contributed by atoms with Gasteiger partial charge in [0.1, 0.15) is 5.76 Å². The maximum Gasteiger partial charge on any atom is 0.136 e. The van der Waals surface area contributed by atoms with E-state index in [0.29, 0.717) is 5.92 Å². The van der Waals surface area contributed by atoms with E-state index in [2.05, 4.69) is 21.4 Å². The summed E-state index contributed by atoms with van der Waals surface area (Å²) in [5.41, 5.74) is 2.79. The fourth-order valence-electron chi connectivity index (χ4n) is 1.91. The van der Waals surface area contributed by atoms with E-state index in [-0.39, 0.29) is 6.04 Å². The van der Waals surface area contributed by atoms with Crippen molar-refractivity contribution >= 4 is 15.9 Å². The highest BCUT2D eigenvalue weighted by Gasteiger charge is 2.24. The van der Waals surface area contributed by atoms with Crippen LogP contribution >= 0.6 is 15.9 Å². The van der Waals surface area contributed by atoms with Crippen LogP contribution in [0.2, 0.25) is 0 Å². The van der Waals surface area contributed by atoms with E-state index in [4.69, 9.17) is 15.0 Å². The Morgan fingerprint density at radius 3 is 3.07 bits per heavy atom. The van der Waals surface area contributed by atoms with Crippen LogP contribution in [0.15, 0.2) is 21.2 Å². The molecule has 3 N–H and O–H groups in total. The lowest BCUT2D eigenvalue weighted by molar-refractivity contribution is 0.180. The maximum absolute atomic E-state index is 5.54. The number of ether oxygens (including phenoxy) is 1. The molecule has 1 aliphatic heterocycles. The van der Waals surface area contributed by atoms with Gasteiger partial charge in [-0.2, -0.15) is 0 Å². The number of halogens is 1. The molecule has 1 saturated heterocycles. The SMILES string of the molecule is NNC(CC1CCOC1)c1occc1Br. The Balaban J connectivity index is 2.00. The lowest BCUT2D eigenvalue weighted by Crippen LogP contribution is -2.29. The summed E-state index contributed by atoms with van der Waals surface area (Å²) >= 11 is 3.44. The minimum atomic E-state index is 0.0566. The molecule has 5 heteroatoms. The summed E-state index contributed by atoms with van der Waals surface area (Å²) in [7, 11) is 0. The smallest absolute Gasteiger partial charge is 0.136 e. The van der Waals surface area contributed by atoms with Crippen molar-refractivity contribution in [3.8, 4) is 0 Å². The summed E-state index contributed by atoms with van der Waals surface area (Å²) in [6.07, 6.45) is 3.72. The van der Waals surface area contributed by atoms with E-state index < -0.39 is 0 Å². The average molecular weight is 275 g/mol. The summed E-state index contributed by atoms with van der Waals surface area (Å²) in [4.78, 5) is 0. The van der Waals surface area contributed by atoms with Crippen molar-refractivity contribution in [3.05, 3.63) is 22.6 Å². The third-order valence-corrected chi connectivity index (χ3v) is 3.41. The molecule has 15 heavy (non-hydrogen) atoms. The molecular weight excluding hydrogens is 260 g/mol. The number of furan rings is 1. The zero-order valence-electron chi connectivity index (χ0n) is 8.41. The number of hydrazine groups is 1. The lowest BCUT2D eigenvalue weighted by atomic mass is 9.98. The van der Waals surface area contributed by atoms with Crippen molar-refractivity contribution in [2.24, 2.45) is 11.8 Å². The van der Waals surface area contributed by atoms with Gasteiger partial charge in [0.05, 0.1) is 16.8 Å². The molecule has 1 fully saturated rings. The zero-order chi connectivity index (χ0) is 10.7. The molecule has 0 amide bonds. The predicted octanol–water partition coefficient (Wildman–Crippen LogP) is 1.97. The Labute approximate surface area is 97.3 Å². The molecule has 2 atom stereocenters. The molecule has 4 nitrogen and oxygen atoms in total. The average Bonchev–Trinajstić information content (AvgIpc) is 2.85. The van der Waals surface area contributed by atoms with E-state index in [0.717, 1.165) is 36.3 Å². The van der Waals surface area contributed by atoms with Gasteiger partial charge in [-0.25, -0.2) is 5.43 Å². The number of rotatable bonds is 4. The van der Waals surface area contributed by atoms with Gasteiger partial charge in [0, 0.05) is 13.2 Å². The van der Waals surface area contributed by atoms with E-state index in [1.807, 2.05) is 6.07 Å². The van der Waals surface area contributed by atoms with Crippen LogP contribution in [-0.2, 0) is 4.74 Å². The largest absolute Gasteiger partial charge is 0.466 e. The Morgan fingerprint density at radius 2 is 2.53 bits per heavy atom. The quantitative estimate of drug-likeness (QED) is 0.651. The Bertz CT molecular complexity index is 310. The molecule has 1 aromatic rings. The maximum atomic E-state index is 5.54. The van der Waals surface area contributed by atoms with Gasteiger partial charge in [-0.05, 0) is 40.8 Å². The normalized spacial score (nSPS) is 23.2. The van der Waals surface area contributed by atoms with E-state index in [1.165, 1.54) is 0 Å². The molecule has 2 rings (SSSR count). The van der Waals surface area contributed by atoms with E-state index in [1.54, 1.807) is 6.26 Å². The van der Waals surface area contributed by atoms with Crippen molar-refractivity contribution in [1.29, 1.82) is 0 Å². The third kappa shape index (κ3) is 2.60. The molecule has 0 aromatic carbocycles. The summed E-state index contributed by atoms with van der Waals surface area (Å²) in [5.74, 6) is 6.98. The third-order valence-electron chi connectivity index (χ3n) is 2.76. The first-order chi connectivity index (χ1) is 7.31. The van der Waals surface area contributed by atoms with Gasteiger partial charge in [-0.15, -0.1) is 0 Å². The summed E-state index contributed by atoms with van der Waals surface area (Å²) in [6, 6.07) is 1.94. The van der Waals surface area contributed by atoms with Gasteiger partial charge in [-0.3, -0.25) is 5.84 Å². The Kier molecular flexibility index (Phi) is 3.80. The second-order valence-electron chi connectivity index (χ2n) is 3.82. The van der Waals surface area contributed by atoms with E-state index in [9.17, 15) is 0 Å². The van der Waals surface area contributed by atoms with Crippen molar-refractivity contribution in [2.75, 3.05) is 13.2 Å². The first-order valence-electron chi connectivity index (χ1n) is 5.08. The molecular formula is C10H15BrN2O2. The summed E-state index contributed by atoms with van der Waals surface area (Å²) in [5, 5.41) is 0. The molecule has 2 unspecified atom stereocenters. The summed E-state index contributed by atoms with van der Waals surface area (Å²) in [6.45, 7) is 1.69. The molecule has 0 aliphatic carbocycles. The molecule has 1 aliphatic rings. The first kappa shape index (κ1) is 11.1. The van der Waals surface area contributed by atoms with Crippen LogP contribution < -0.4 is 11.3 Å². The van der Waals surface area contributed by atoms with Gasteiger partial charge in [0.15, 0.2) is 0 Å². The second-order valence-corrected chi connectivity index (χ2v) is 4.67. The van der Waals surface area contributed by atoms with Crippen LogP contribution in [0.4, 0.5) is 0 Å². The number of hydrogen-bond acceptors (Lipinski definition) is 4. The number of nitrogens with one attached hydrogen (secondary N) is 1. The standard InChI is InChI=1S/C10H15BrN2O2/c11-8-2-4-15-10(8)9(13-12)5-7-1-3-14-6-7/h2,4,7,9,13H,1,3,5-6,12H2. The minimum absolute atomic E-state index is 0.0566. The summed E-state index contributed by atoms with van der Waals surface area (Å²) < 4.78 is 11.7. The second kappa shape index (κ2) is 5.12. The highest BCUT2D eigenvalue weighted by molar-refractivity contribution is 9.10. The predicted molar refractivity (Wildman–Crippen MR) is 60.0 cm³/mol. The lowest BCUT2D eigenvalue weighted by Gasteiger charge is -2.17. The topological polar surface area (TPSA) is 60.4 Å². The van der Waals surface area contributed by atoms with Crippen molar-refractivity contribution < 1.29 is 9.15 Å². The number of nitrogens with two attached hydrogens (primary N) is 1. The zero-order valence-corrected chi connectivity index (χ0v) is 10.00. The van der Waals surface area contributed by atoms with Crippen LogP contribution in [-0.4, -0.2) is 13.2 Å². The van der Waals surface area contributed by atoms with Gasteiger partial charge in [-0.1, -0.05) is 0 Å². The molecule has 0 spiro atoms. The highest BCUT2D eigenvalue weighted by atomic mass is 79.9.